The first kappa shape index (κ1) is 14.2. The highest BCUT2D eigenvalue weighted by atomic mass is 19.1. The number of halogens is 2. The molecule has 0 heterocycles. The van der Waals surface area contributed by atoms with Crippen molar-refractivity contribution in [1.82, 2.24) is 0 Å². The van der Waals surface area contributed by atoms with E-state index >= 15 is 0 Å². The lowest BCUT2D eigenvalue weighted by Crippen LogP contribution is -1.93. The van der Waals surface area contributed by atoms with Crippen molar-refractivity contribution in [2.24, 2.45) is 5.16 Å². The molecule has 104 valence electrons. The van der Waals surface area contributed by atoms with Crippen LogP contribution in [0.4, 0.5) is 8.78 Å². The summed E-state index contributed by atoms with van der Waals surface area (Å²) >= 11 is 0. The molecule has 2 rings (SSSR count). The summed E-state index contributed by atoms with van der Waals surface area (Å²) in [6.45, 7) is 2.04. The van der Waals surface area contributed by atoms with Crippen molar-refractivity contribution in [2.45, 2.75) is 20.0 Å². The fourth-order valence-corrected chi connectivity index (χ4v) is 1.74. The van der Waals surface area contributed by atoms with Gasteiger partial charge in [0.25, 0.3) is 0 Å². The molecule has 0 aliphatic rings. The second kappa shape index (κ2) is 6.80. The fraction of sp³-hybridized carbons (Fsp3) is 0.188. The second-order valence-electron chi connectivity index (χ2n) is 4.34. The Kier molecular flexibility index (Phi) is 4.82. The highest BCUT2D eigenvalue weighted by molar-refractivity contribution is 5.79. The van der Waals surface area contributed by atoms with Crippen LogP contribution >= 0.6 is 0 Å². The minimum atomic E-state index is -0.631. The first-order valence-corrected chi connectivity index (χ1v) is 6.37. The molecule has 20 heavy (non-hydrogen) atoms. The first-order valence-electron chi connectivity index (χ1n) is 6.37. The van der Waals surface area contributed by atoms with Crippen LogP contribution in [0.3, 0.4) is 0 Å². The monoisotopic (exact) mass is 275 g/mol. The molecule has 2 nitrogen and oxygen atoms in total. The molecule has 0 unspecified atom stereocenters. The summed E-state index contributed by atoms with van der Waals surface area (Å²) in [5, 5.41) is 3.79. The van der Waals surface area contributed by atoms with E-state index in [0.29, 0.717) is 0 Å². The molecule has 0 aliphatic heterocycles. The molecular formula is C16H15F2NO. The van der Waals surface area contributed by atoms with E-state index < -0.39 is 11.6 Å². The Hall–Kier alpha value is -2.23. The van der Waals surface area contributed by atoms with E-state index in [2.05, 4.69) is 12.1 Å². The number of oxime groups is 1. The Morgan fingerprint density at radius 2 is 2.00 bits per heavy atom. The Morgan fingerprint density at radius 3 is 2.75 bits per heavy atom. The van der Waals surface area contributed by atoms with Gasteiger partial charge in [0.1, 0.15) is 18.2 Å². The predicted molar refractivity (Wildman–Crippen MR) is 74.6 cm³/mol. The van der Waals surface area contributed by atoms with Gasteiger partial charge in [-0.15, -0.1) is 0 Å². The van der Waals surface area contributed by atoms with Crippen molar-refractivity contribution in [2.75, 3.05) is 0 Å². The van der Waals surface area contributed by atoms with Crippen LogP contribution in [-0.4, -0.2) is 6.21 Å². The summed E-state index contributed by atoms with van der Waals surface area (Å²) in [6, 6.07) is 11.3. The molecule has 4 heteroatoms. The van der Waals surface area contributed by atoms with Gasteiger partial charge in [0.2, 0.25) is 0 Å². The normalized spacial score (nSPS) is 10.9. The third kappa shape index (κ3) is 3.88. The van der Waals surface area contributed by atoms with Crippen LogP contribution in [0.2, 0.25) is 0 Å². The summed E-state index contributed by atoms with van der Waals surface area (Å²) in [5.74, 6) is -1.24. The number of hydrogen-bond donors (Lipinski definition) is 0. The SMILES string of the molecule is CCc1cccc(C=NOCc2ccc(F)cc2F)c1. The number of benzene rings is 2. The summed E-state index contributed by atoms with van der Waals surface area (Å²) in [7, 11) is 0. The molecule has 0 bridgehead atoms. The van der Waals surface area contributed by atoms with Gasteiger partial charge in [-0.25, -0.2) is 8.78 Å². The fourth-order valence-electron chi connectivity index (χ4n) is 1.74. The Bertz CT molecular complexity index is 611. The highest BCUT2D eigenvalue weighted by Crippen LogP contribution is 2.10. The third-order valence-corrected chi connectivity index (χ3v) is 2.87. The van der Waals surface area contributed by atoms with Crippen LogP contribution in [0.5, 0.6) is 0 Å². The van der Waals surface area contributed by atoms with E-state index in [-0.39, 0.29) is 12.2 Å². The van der Waals surface area contributed by atoms with Crippen molar-refractivity contribution in [3.05, 3.63) is 70.8 Å². The van der Waals surface area contributed by atoms with Crippen LogP contribution in [0.15, 0.2) is 47.6 Å². The predicted octanol–water partition coefficient (Wildman–Crippen LogP) is 4.08. The molecule has 2 aromatic rings. The lowest BCUT2D eigenvalue weighted by molar-refractivity contribution is 0.129. The van der Waals surface area contributed by atoms with Gasteiger partial charge in [0.15, 0.2) is 0 Å². The Balaban J connectivity index is 1.93. The molecule has 0 amide bonds. The Labute approximate surface area is 116 Å². The van der Waals surface area contributed by atoms with Gasteiger partial charge in [-0.05, 0) is 29.7 Å². The van der Waals surface area contributed by atoms with Crippen LogP contribution in [0, 0.1) is 11.6 Å². The van der Waals surface area contributed by atoms with Gasteiger partial charge >= 0.3 is 0 Å². The zero-order chi connectivity index (χ0) is 14.4. The van der Waals surface area contributed by atoms with Gasteiger partial charge in [0, 0.05) is 11.6 Å². The molecule has 0 saturated carbocycles. The van der Waals surface area contributed by atoms with Crippen molar-refractivity contribution >= 4 is 6.21 Å². The number of nitrogens with zero attached hydrogens (tertiary/aromatic N) is 1. The molecule has 0 saturated heterocycles. The molecule has 0 aromatic heterocycles. The van der Waals surface area contributed by atoms with Crippen molar-refractivity contribution in [3.8, 4) is 0 Å². The van der Waals surface area contributed by atoms with Crippen molar-refractivity contribution in [1.29, 1.82) is 0 Å². The minimum absolute atomic E-state index is 0.0317. The lowest BCUT2D eigenvalue weighted by atomic mass is 10.1. The Morgan fingerprint density at radius 1 is 1.15 bits per heavy atom. The first-order chi connectivity index (χ1) is 9.69. The van der Waals surface area contributed by atoms with Gasteiger partial charge in [-0.2, -0.15) is 0 Å². The third-order valence-electron chi connectivity index (χ3n) is 2.87. The molecular weight excluding hydrogens is 260 g/mol. The van der Waals surface area contributed by atoms with E-state index in [4.69, 9.17) is 4.84 Å². The quantitative estimate of drug-likeness (QED) is 0.595. The molecule has 0 radical (unpaired) electrons. The molecule has 0 fully saturated rings. The van der Waals surface area contributed by atoms with E-state index in [1.807, 2.05) is 24.3 Å². The van der Waals surface area contributed by atoms with Crippen molar-refractivity contribution in [3.63, 3.8) is 0 Å². The average molecular weight is 275 g/mol. The summed E-state index contributed by atoms with van der Waals surface area (Å²) in [6.07, 6.45) is 2.52. The minimum Gasteiger partial charge on any atom is -0.391 e. The van der Waals surface area contributed by atoms with Crippen LogP contribution in [0.1, 0.15) is 23.6 Å². The van der Waals surface area contributed by atoms with E-state index in [1.165, 1.54) is 17.7 Å². The van der Waals surface area contributed by atoms with Gasteiger partial charge < -0.3 is 4.84 Å². The maximum atomic E-state index is 13.3. The number of hydrogen-bond acceptors (Lipinski definition) is 2. The maximum absolute atomic E-state index is 13.3. The summed E-state index contributed by atoms with van der Waals surface area (Å²) < 4.78 is 26.0. The van der Waals surface area contributed by atoms with E-state index in [1.54, 1.807) is 6.21 Å². The lowest BCUT2D eigenvalue weighted by Gasteiger charge is -2.02. The summed E-state index contributed by atoms with van der Waals surface area (Å²) in [4.78, 5) is 5.02. The molecule has 0 spiro atoms. The van der Waals surface area contributed by atoms with Gasteiger partial charge in [-0.3, -0.25) is 0 Å². The standard InChI is InChI=1S/C16H15F2NO/c1-2-12-4-3-5-13(8-12)10-19-20-11-14-6-7-15(17)9-16(14)18/h3-10H,2,11H2,1H3. The second-order valence-corrected chi connectivity index (χ2v) is 4.34. The van der Waals surface area contributed by atoms with E-state index in [0.717, 1.165) is 18.1 Å². The van der Waals surface area contributed by atoms with Crippen LogP contribution in [-0.2, 0) is 17.9 Å². The molecule has 0 aliphatic carbocycles. The molecule has 0 N–H and O–H groups in total. The van der Waals surface area contributed by atoms with Crippen LogP contribution in [0.25, 0.3) is 0 Å². The number of aryl methyl sites for hydroxylation is 1. The van der Waals surface area contributed by atoms with Gasteiger partial charge in [0.05, 0.1) is 6.21 Å². The smallest absolute Gasteiger partial charge is 0.145 e. The zero-order valence-electron chi connectivity index (χ0n) is 11.1. The largest absolute Gasteiger partial charge is 0.391 e. The molecule has 0 atom stereocenters. The average Bonchev–Trinajstić information content (AvgIpc) is 2.45. The summed E-state index contributed by atoms with van der Waals surface area (Å²) in [5.41, 5.74) is 2.40. The topological polar surface area (TPSA) is 21.6 Å². The highest BCUT2D eigenvalue weighted by Gasteiger charge is 2.03. The molecule has 2 aromatic carbocycles. The zero-order valence-corrected chi connectivity index (χ0v) is 11.1. The van der Waals surface area contributed by atoms with Crippen molar-refractivity contribution < 1.29 is 13.6 Å². The van der Waals surface area contributed by atoms with E-state index in [9.17, 15) is 8.78 Å². The van der Waals surface area contributed by atoms with Gasteiger partial charge in [-0.1, -0.05) is 36.3 Å². The van der Waals surface area contributed by atoms with Crippen LogP contribution < -0.4 is 0 Å². The maximum Gasteiger partial charge on any atom is 0.145 e. The number of rotatable bonds is 5.